The van der Waals surface area contributed by atoms with Crippen LogP contribution in [0.25, 0.3) is 0 Å². The van der Waals surface area contributed by atoms with Crippen molar-refractivity contribution in [2.75, 3.05) is 11.5 Å². The Kier molecular flexibility index (Phi) is 3.54. The molecule has 0 aliphatic carbocycles. The summed E-state index contributed by atoms with van der Waals surface area (Å²) >= 11 is 3.22. The van der Waals surface area contributed by atoms with Crippen LogP contribution in [-0.2, 0) is 9.84 Å². The van der Waals surface area contributed by atoms with Crippen LogP contribution >= 0.6 is 15.9 Å². The summed E-state index contributed by atoms with van der Waals surface area (Å²) in [7, 11) is -3.05. The summed E-state index contributed by atoms with van der Waals surface area (Å²) < 4.78 is 49.7. The lowest BCUT2D eigenvalue weighted by Crippen LogP contribution is -2.12. The second kappa shape index (κ2) is 4.65. The van der Waals surface area contributed by atoms with Gasteiger partial charge in [-0.1, -0.05) is 22.0 Å². The van der Waals surface area contributed by atoms with Crippen LogP contribution in [0.3, 0.4) is 0 Å². The number of halogens is 3. The molecule has 1 saturated heterocycles. The van der Waals surface area contributed by atoms with Crippen molar-refractivity contribution >= 4 is 25.8 Å². The first-order valence-corrected chi connectivity index (χ1v) is 7.93. The first kappa shape index (κ1) is 13.0. The minimum absolute atomic E-state index is 0.0172. The molecule has 94 valence electrons. The van der Waals surface area contributed by atoms with Crippen molar-refractivity contribution in [2.45, 2.75) is 11.2 Å². The van der Waals surface area contributed by atoms with Gasteiger partial charge in [0, 0.05) is 10.4 Å². The van der Waals surface area contributed by atoms with Crippen LogP contribution in [0.4, 0.5) is 8.78 Å². The number of benzene rings is 1. The minimum Gasteiger partial charge on any atom is -0.229 e. The maximum Gasteiger partial charge on any atom is 0.150 e. The average molecular weight is 325 g/mol. The lowest BCUT2D eigenvalue weighted by atomic mass is 9.98. The fourth-order valence-electron chi connectivity index (χ4n) is 2.06. The highest BCUT2D eigenvalue weighted by Crippen LogP contribution is 2.39. The second-order valence-electron chi connectivity index (χ2n) is 4.20. The Labute approximate surface area is 107 Å². The van der Waals surface area contributed by atoms with Crippen molar-refractivity contribution in [3.05, 3.63) is 35.4 Å². The zero-order valence-electron chi connectivity index (χ0n) is 8.87. The van der Waals surface area contributed by atoms with Crippen molar-refractivity contribution in [2.24, 2.45) is 5.92 Å². The molecule has 6 heteroatoms. The molecule has 0 N–H and O–H groups in total. The molecule has 1 aromatic carbocycles. The van der Waals surface area contributed by atoms with Crippen LogP contribution in [0.1, 0.15) is 16.8 Å². The molecule has 1 fully saturated rings. The predicted molar refractivity (Wildman–Crippen MR) is 64.8 cm³/mol. The van der Waals surface area contributed by atoms with Gasteiger partial charge in [0.15, 0.2) is 9.84 Å². The Morgan fingerprint density at radius 2 is 1.88 bits per heavy atom. The van der Waals surface area contributed by atoms with Gasteiger partial charge in [0.05, 0.1) is 11.5 Å². The number of hydrogen-bond acceptors (Lipinski definition) is 2. The molecule has 2 nitrogen and oxygen atoms in total. The molecule has 17 heavy (non-hydrogen) atoms. The van der Waals surface area contributed by atoms with Crippen molar-refractivity contribution < 1.29 is 17.2 Å². The second-order valence-corrected chi connectivity index (χ2v) is 7.42. The van der Waals surface area contributed by atoms with Gasteiger partial charge in [0.2, 0.25) is 0 Å². The smallest absolute Gasteiger partial charge is 0.150 e. The molecule has 0 amide bonds. The van der Waals surface area contributed by atoms with Gasteiger partial charge in [-0.15, -0.1) is 0 Å². The largest absolute Gasteiger partial charge is 0.229 e. The molecule has 0 saturated carbocycles. The van der Waals surface area contributed by atoms with E-state index in [4.69, 9.17) is 0 Å². The highest BCUT2D eigenvalue weighted by molar-refractivity contribution is 9.09. The van der Waals surface area contributed by atoms with Gasteiger partial charge in [0.25, 0.3) is 0 Å². The van der Waals surface area contributed by atoms with Crippen LogP contribution in [0.5, 0.6) is 0 Å². The van der Waals surface area contributed by atoms with Crippen LogP contribution in [0.2, 0.25) is 0 Å². The molecule has 2 unspecified atom stereocenters. The highest BCUT2D eigenvalue weighted by Gasteiger charge is 2.35. The van der Waals surface area contributed by atoms with Crippen molar-refractivity contribution in [3.63, 3.8) is 0 Å². The first-order valence-electron chi connectivity index (χ1n) is 5.19. The third-order valence-electron chi connectivity index (χ3n) is 2.96. The molecular formula is C11H11BrF2O2S. The third kappa shape index (κ3) is 2.68. The fraction of sp³-hybridized carbons (Fsp3) is 0.455. The molecular weight excluding hydrogens is 314 g/mol. The van der Waals surface area contributed by atoms with Crippen LogP contribution in [0.15, 0.2) is 18.2 Å². The maximum atomic E-state index is 13.5. The lowest BCUT2D eigenvalue weighted by Gasteiger charge is -2.17. The topological polar surface area (TPSA) is 34.1 Å². The monoisotopic (exact) mass is 324 g/mol. The molecule has 1 aliphatic rings. The highest BCUT2D eigenvalue weighted by atomic mass is 79.9. The van der Waals surface area contributed by atoms with E-state index in [0.29, 0.717) is 6.42 Å². The standard InChI is InChI=1S/C11H11BrF2O2S/c12-11(7-4-5-17(15,16)6-7)10-8(13)2-1-3-9(10)14/h1-3,7,11H,4-6H2. The van der Waals surface area contributed by atoms with E-state index in [2.05, 4.69) is 15.9 Å². The van der Waals surface area contributed by atoms with Crippen molar-refractivity contribution in [1.29, 1.82) is 0 Å². The third-order valence-corrected chi connectivity index (χ3v) is 5.96. The maximum absolute atomic E-state index is 13.5. The summed E-state index contributed by atoms with van der Waals surface area (Å²) in [5, 5.41) is 0. The first-order chi connectivity index (χ1) is 7.91. The summed E-state index contributed by atoms with van der Waals surface area (Å²) in [5.74, 6) is -1.48. The van der Waals surface area contributed by atoms with E-state index in [9.17, 15) is 17.2 Å². The van der Waals surface area contributed by atoms with Gasteiger partial charge in [-0.2, -0.15) is 0 Å². The zero-order chi connectivity index (χ0) is 12.6. The Bertz CT molecular complexity index is 510. The average Bonchev–Trinajstić information content (AvgIpc) is 2.58. The van der Waals surface area contributed by atoms with Crippen LogP contribution < -0.4 is 0 Å². The van der Waals surface area contributed by atoms with Gasteiger partial charge >= 0.3 is 0 Å². The molecule has 0 aromatic heterocycles. The minimum atomic E-state index is -3.05. The van der Waals surface area contributed by atoms with E-state index in [1.54, 1.807) is 0 Å². The van der Waals surface area contributed by atoms with Gasteiger partial charge in [-0.05, 0) is 24.5 Å². The van der Waals surface area contributed by atoms with Crippen LogP contribution in [0, 0.1) is 17.6 Å². The molecule has 2 rings (SSSR count). The Morgan fingerprint density at radius 1 is 1.29 bits per heavy atom. The summed E-state index contributed by atoms with van der Waals surface area (Å²) in [6, 6.07) is 3.64. The van der Waals surface area contributed by atoms with Gasteiger partial charge < -0.3 is 0 Å². The van der Waals surface area contributed by atoms with E-state index < -0.39 is 26.3 Å². The van der Waals surface area contributed by atoms with Gasteiger partial charge in [0.1, 0.15) is 11.6 Å². The van der Waals surface area contributed by atoms with E-state index in [-0.39, 0.29) is 23.0 Å². The molecule has 1 aromatic rings. The number of alkyl halides is 1. The van der Waals surface area contributed by atoms with E-state index in [1.165, 1.54) is 18.2 Å². The summed E-state index contributed by atoms with van der Waals surface area (Å²) in [4.78, 5) is -0.596. The summed E-state index contributed by atoms with van der Waals surface area (Å²) in [5.41, 5.74) is -0.0744. The molecule has 1 heterocycles. The number of sulfone groups is 1. The molecule has 1 aliphatic heterocycles. The Morgan fingerprint density at radius 3 is 2.35 bits per heavy atom. The SMILES string of the molecule is O=S1(=O)CCC(C(Br)c2c(F)cccc2F)C1. The van der Waals surface area contributed by atoms with Crippen molar-refractivity contribution in [3.8, 4) is 0 Å². The fourth-order valence-corrected chi connectivity index (χ4v) is 5.04. The van der Waals surface area contributed by atoms with Gasteiger partial charge in [-0.3, -0.25) is 0 Å². The normalized spacial score (nSPS) is 24.8. The van der Waals surface area contributed by atoms with E-state index in [0.717, 1.165) is 0 Å². The van der Waals surface area contributed by atoms with E-state index >= 15 is 0 Å². The van der Waals surface area contributed by atoms with Gasteiger partial charge in [-0.25, -0.2) is 17.2 Å². The zero-order valence-corrected chi connectivity index (χ0v) is 11.3. The Balaban J connectivity index is 2.29. The quantitative estimate of drug-likeness (QED) is 0.784. The lowest BCUT2D eigenvalue weighted by molar-refractivity contribution is 0.508. The van der Waals surface area contributed by atoms with Crippen LogP contribution in [-0.4, -0.2) is 19.9 Å². The predicted octanol–water partition coefficient (Wildman–Crippen LogP) is 2.84. The molecule has 0 spiro atoms. The molecule has 0 radical (unpaired) electrons. The van der Waals surface area contributed by atoms with Crippen molar-refractivity contribution in [1.82, 2.24) is 0 Å². The number of hydrogen-bond donors (Lipinski definition) is 0. The Hall–Kier alpha value is -0.490. The summed E-state index contributed by atoms with van der Waals surface area (Å²) in [6.45, 7) is 0. The molecule has 0 bridgehead atoms. The van der Waals surface area contributed by atoms with E-state index in [1.807, 2.05) is 0 Å². The number of rotatable bonds is 2. The summed E-state index contributed by atoms with van der Waals surface area (Å²) in [6.07, 6.45) is 0.437. The molecule has 2 atom stereocenters.